The maximum atomic E-state index is 12.3. The normalized spacial score (nSPS) is 10.3. The van der Waals surface area contributed by atoms with Crippen LogP contribution in [0.3, 0.4) is 0 Å². The van der Waals surface area contributed by atoms with Crippen LogP contribution in [0.5, 0.6) is 5.75 Å². The predicted molar refractivity (Wildman–Crippen MR) is 104 cm³/mol. The van der Waals surface area contributed by atoms with E-state index in [-0.39, 0.29) is 5.91 Å². The summed E-state index contributed by atoms with van der Waals surface area (Å²) in [5.41, 5.74) is 2.52. The lowest BCUT2D eigenvalue weighted by Gasteiger charge is -2.09. The van der Waals surface area contributed by atoms with Crippen molar-refractivity contribution in [2.45, 2.75) is 18.0 Å². The van der Waals surface area contributed by atoms with Gasteiger partial charge in [-0.25, -0.2) is 0 Å². The van der Waals surface area contributed by atoms with Crippen LogP contribution < -0.4 is 10.1 Å². The van der Waals surface area contributed by atoms with Crippen molar-refractivity contribution < 1.29 is 9.53 Å². The minimum atomic E-state index is -0.0857. The fourth-order valence-corrected chi connectivity index (χ4v) is 2.82. The number of thioether (sulfide) groups is 1. The van der Waals surface area contributed by atoms with E-state index in [0.717, 1.165) is 21.9 Å². The van der Waals surface area contributed by atoms with Gasteiger partial charge in [0.15, 0.2) is 0 Å². The Morgan fingerprint density at radius 2 is 1.92 bits per heavy atom. The lowest BCUT2D eigenvalue weighted by molar-refractivity contribution is 0.0951. The predicted octanol–water partition coefficient (Wildman–Crippen LogP) is 4.31. The molecule has 4 nitrogen and oxygen atoms in total. The summed E-state index contributed by atoms with van der Waals surface area (Å²) in [5, 5.41) is 2.94. The Kier molecular flexibility index (Phi) is 6.28. The van der Waals surface area contributed by atoms with Gasteiger partial charge in [0.05, 0.1) is 5.69 Å². The largest absolute Gasteiger partial charge is 0.487 e. The number of amides is 1. The van der Waals surface area contributed by atoms with Crippen molar-refractivity contribution in [1.29, 1.82) is 0 Å². The maximum absolute atomic E-state index is 12.3. The van der Waals surface area contributed by atoms with E-state index in [0.29, 0.717) is 18.7 Å². The van der Waals surface area contributed by atoms with Gasteiger partial charge in [-0.3, -0.25) is 9.78 Å². The minimum Gasteiger partial charge on any atom is -0.487 e. The smallest absolute Gasteiger partial charge is 0.251 e. The summed E-state index contributed by atoms with van der Waals surface area (Å²) in [5.74, 6) is 0.671. The third kappa shape index (κ3) is 5.10. The van der Waals surface area contributed by atoms with Gasteiger partial charge in [0, 0.05) is 23.2 Å². The topological polar surface area (TPSA) is 51.2 Å². The highest BCUT2D eigenvalue weighted by atomic mass is 32.2. The van der Waals surface area contributed by atoms with Crippen molar-refractivity contribution in [2.75, 3.05) is 6.26 Å². The van der Waals surface area contributed by atoms with Crippen LogP contribution in [0.2, 0.25) is 0 Å². The van der Waals surface area contributed by atoms with E-state index >= 15 is 0 Å². The molecule has 2 aromatic carbocycles. The molecule has 0 bridgehead atoms. The highest BCUT2D eigenvalue weighted by Crippen LogP contribution is 2.16. The first-order valence-corrected chi connectivity index (χ1v) is 9.51. The molecule has 132 valence electrons. The summed E-state index contributed by atoms with van der Waals surface area (Å²) in [6, 6.07) is 21.0. The zero-order chi connectivity index (χ0) is 18.2. The van der Waals surface area contributed by atoms with Gasteiger partial charge < -0.3 is 10.1 Å². The Labute approximate surface area is 157 Å². The van der Waals surface area contributed by atoms with E-state index in [2.05, 4.69) is 10.3 Å². The molecule has 0 aliphatic heterocycles. The number of hydrogen-bond donors (Lipinski definition) is 1. The molecular formula is C21H20N2O2S. The number of nitrogens with zero attached hydrogens (tertiary/aromatic N) is 1. The molecule has 1 N–H and O–H groups in total. The third-order valence-electron chi connectivity index (χ3n) is 3.82. The van der Waals surface area contributed by atoms with Gasteiger partial charge in [-0.1, -0.05) is 18.2 Å². The molecule has 0 radical (unpaired) electrons. The van der Waals surface area contributed by atoms with Crippen molar-refractivity contribution in [3.63, 3.8) is 0 Å². The van der Waals surface area contributed by atoms with Crippen LogP contribution in [-0.2, 0) is 13.2 Å². The van der Waals surface area contributed by atoms with Crippen molar-refractivity contribution in [3.8, 4) is 5.75 Å². The van der Waals surface area contributed by atoms with Crippen molar-refractivity contribution in [2.24, 2.45) is 0 Å². The Morgan fingerprint density at radius 3 is 2.65 bits per heavy atom. The minimum absolute atomic E-state index is 0.0857. The molecule has 0 saturated carbocycles. The van der Waals surface area contributed by atoms with E-state index in [1.54, 1.807) is 18.0 Å². The SMILES string of the molecule is CSc1ccc(C(=O)NCc2cccc(OCc3ccccn3)c2)cc1. The maximum Gasteiger partial charge on any atom is 0.251 e. The summed E-state index contributed by atoms with van der Waals surface area (Å²) in [7, 11) is 0. The Balaban J connectivity index is 1.55. The molecule has 0 aliphatic rings. The molecule has 3 rings (SSSR count). The number of ether oxygens (including phenoxy) is 1. The van der Waals surface area contributed by atoms with Gasteiger partial charge in [0.2, 0.25) is 0 Å². The second-order valence-electron chi connectivity index (χ2n) is 5.67. The molecule has 1 amide bonds. The molecular weight excluding hydrogens is 344 g/mol. The van der Waals surface area contributed by atoms with Crippen LogP contribution in [-0.4, -0.2) is 17.1 Å². The van der Waals surface area contributed by atoms with Crippen LogP contribution in [0.25, 0.3) is 0 Å². The highest BCUT2D eigenvalue weighted by molar-refractivity contribution is 7.98. The van der Waals surface area contributed by atoms with E-state index in [4.69, 9.17) is 4.74 Å². The average Bonchev–Trinajstić information content (AvgIpc) is 2.71. The lowest BCUT2D eigenvalue weighted by atomic mass is 10.2. The standard InChI is InChI=1S/C21H20N2O2S/c1-26-20-10-8-17(9-11-20)21(24)23-14-16-5-4-7-19(13-16)25-15-18-6-2-3-12-22-18/h2-13H,14-15H2,1H3,(H,23,24). The second-order valence-corrected chi connectivity index (χ2v) is 6.55. The number of aromatic nitrogens is 1. The summed E-state index contributed by atoms with van der Waals surface area (Å²) in [6.45, 7) is 0.863. The molecule has 0 unspecified atom stereocenters. The Bertz CT molecular complexity index is 851. The van der Waals surface area contributed by atoms with Gasteiger partial charge in [0.25, 0.3) is 5.91 Å². The zero-order valence-corrected chi connectivity index (χ0v) is 15.3. The van der Waals surface area contributed by atoms with Crippen LogP contribution in [0, 0.1) is 0 Å². The summed E-state index contributed by atoms with van der Waals surface area (Å²) < 4.78 is 5.77. The molecule has 26 heavy (non-hydrogen) atoms. The average molecular weight is 364 g/mol. The molecule has 0 aliphatic carbocycles. The zero-order valence-electron chi connectivity index (χ0n) is 14.5. The van der Waals surface area contributed by atoms with Gasteiger partial charge in [-0.15, -0.1) is 11.8 Å². The first kappa shape index (κ1) is 18.0. The fraction of sp³-hybridized carbons (Fsp3) is 0.143. The van der Waals surface area contributed by atoms with Crippen molar-refractivity contribution in [3.05, 3.63) is 89.7 Å². The van der Waals surface area contributed by atoms with Crippen LogP contribution in [0.4, 0.5) is 0 Å². The third-order valence-corrected chi connectivity index (χ3v) is 4.56. The van der Waals surface area contributed by atoms with Gasteiger partial charge in [-0.2, -0.15) is 0 Å². The van der Waals surface area contributed by atoms with Crippen LogP contribution in [0.1, 0.15) is 21.6 Å². The number of benzene rings is 2. The van der Waals surface area contributed by atoms with Crippen molar-refractivity contribution >= 4 is 17.7 Å². The fourth-order valence-electron chi connectivity index (χ4n) is 2.41. The summed E-state index contributed by atoms with van der Waals surface area (Å²) in [6.07, 6.45) is 3.76. The first-order valence-electron chi connectivity index (χ1n) is 8.28. The molecule has 5 heteroatoms. The molecule has 0 spiro atoms. The molecule has 0 saturated heterocycles. The lowest BCUT2D eigenvalue weighted by Crippen LogP contribution is -2.22. The van der Waals surface area contributed by atoms with Crippen LogP contribution >= 0.6 is 11.8 Å². The Morgan fingerprint density at radius 1 is 1.08 bits per heavy atom. The number of carbonyl (C=O) groups is 1. The number of hydrogen-bond acceptors (Lipinski definition) is 4. The monoisotopic (exact) mass is 364 g/mol. The molecule has 0 fully saturated rings. The number of rotatable bonds is 7. The number of carbonyl (C=O) groups excluding carboxylic acids is 1. The Hall–Kier alpha value is -2.79. The van der Waals surface area contributed by atoms with E-state index in [9.17, 15) is 4.79 Å². The summed E-state index contributed by atoms with van der Waals surface area (Å²) >= 11 is 1.65. The molecule has 0 atom stereocenters. The number of nitrogens with one attached hydrogen (secondary N) is 1. The molecule has 1 heterocycles. The quantitative estimate of drug-likeness (QED) is 0.635. The number of pyridine rings is 1. The highest BCUT2D eigenvalue weighted by Gasteiger charge is 2.06. The van der Waals surface area contributed by atoms with E-state index < -0.39 is 0 Å². The van der Waals surface area contributed by atoms with Gasteiger partial charge in [-0.05, 0) is 60.4 Å². The van der Waals surface area contributed by atoms with Gasteiger partial charge >= 0.3 is 0 Å². The van der Waals surface area contributed by atoms with E-state index in [1.165, 1.54) is 0 Å². The van der Waals surface area contributed by atoms with Crippen LogP contribution in [0.15, 0.2) is 77.8 Å². The van der Waals surface area contributed by atoms with Gasteiger partial charge in [0.1, 0.15) is 12.4 Å². The summed E-state index contributed by atoms with van der Waals surface area (Å²) in [4.78, 5) is 17.6. The van der Waals surface area contributed by atoms with E-state index in [1.807, 2.05) is 73.0 Å². The molecule has 1 aromatic heterocycles. The van der Waals surface area contributed by atoms with Crippen molar-refractivity contribution in [1.82, 2.24) is 10.3 Å². The first-order chi connectivity index (χ1) is 12.7. The molecule has 3 aromatic rings. The second kappa shape index (κ2) is 9.06.